The molecule has 0 spiro atoms. The van der Waals surface area contributed by atoms with Gasteiger partial charge in [0, 0.05) is 18.2 Å². The van der Waals surface area contributed by atoms with Crippen LogP contribution in [0.4, 0.5) is 5.69 Å². The van der Waals surface area contributed by atoms with Gasteiger partial charge in [0.15, 0.2) is 5.76 Å². The highest BCUT2D eigenvalue weighted by molar-refractivity contribution is 6.02. The Balaban J connectivity index is 1.21. The van der Waals surface area contributed by atoms with Crippen molar-refractivity contribution in [1.29, 1.82) is 0 Å². The summed E-state index contributed by atoms with van der Waals surface area (Å²) in [5.41, 5.74) is 5.38. The highest BCUT2D eigenvalue weighted by Crippen LogP contribution is 2.40. The van der Waals surface area contributed by atoms with E-state index in [1.807, 2.05) is 36.4 Å². The molecule has 2 amide bonds. The number of nitrogens with one attached hydrogen (secondary N) is 1. The fraction of sp³-hybridized carbons (Fsp3) is 0.294. The first kappa shape index (κ1) is 25.9. The Labute approximate surface area is 235 Å². The molecule has 1 aliphatic heterocycles. The lowest BCUT2D eigenvalue weighted by atomic mass is 9.86. The van der Waals surface area contributed by atoms with E-state index < -0.39 is 0 Å². The topological polar surface area (TPSA) is 71.8 Å². The number of rotatable bonds is 7. The molecule has 2 heterocycles. The highest BCUT2D eigenvalue weighted by Gasteiger charge is 2.36. The zero-order valence-electron chi connectivity index (χ0n) is 22.8. The van der Waals surface area contributed by atoms with Crippen LogP contribution in [0.15, 0.2) is 89.3 Å². The Morgan fingerprint density at radius 3 is 2.50 bits per heavy atom. The second kappa shape index (κ2) is 11.4. The standard InChI is InChI=1S/C34H34N2O4/c1-23-11-13-25(14-12-23)32-30-21-28(16-15-24(30)19-20-36(32)34(38)26-7-5-6-8-26)39-22-29-17-18-31(40-29)33(37)35-27-9-3-2-4-10-27/h2-4,9-18,21,26,32H,5-8,19-20,22H2,1H3,(H,35,37). The van der Waals surface area contributed by atoms with Gasteiger partial charge in [0.2, 0.25) is 5.91 Å². The molecule has 1 aliphatic carbocycles. The van der Waals surface area contributed by atoms with Crippen LogP contribution >= 0.6 is 0 Å². The molecule has 0 saturated heterocycles. The SMILES string of the molecule is Cc1ccc(C2c3cc(OCc4ccc(C(=O)Nc5ccccc5)o4)ccc3CCN2C(=O)C2CCCC2)cc1. The van der Waals surface area contributed by atoms with Crippen molar-refractivity contribution in [3.8, 4) is 5.75 Å². The van der Waals surface area contributed by atoms with Crippen molar-refractivity contribution in [1.82, 2.24) is 4.90 Å². The van der Waals surface area contributed by atoms with Crippen molar-refractivity contribution in [3.63, 3.8) is 0 Å². The van der Waals surface area contributed by atoms with Crippen molar-refractivity contribution >= 4 is 17.5 Å². The first-order valence-corrected chi connectivity index (χ1v) is 14.1. The fourth-order valence-electron chi connectivity index (χ4n) is 5.88. The summed E-state index contributed by atoms with van der Waals surface area (Å²) in [6.07, 6.45) is 5.07. The number of para-hydroxylation sites is 1. The summed E-state index contributed by atoms with van der Waals surface area (Å²) in [6.45, 7) is 3.00. The molecule has 6 nitrogen and oxygen atoms in total. The number of benzene rings is 3. The number of ether oxygens (including phenoxy) is 1. The van der Waals surface area contributed by atoms with Gasteiger partial charge in [-0.15, -0.1) is 0 Å². The van der Waals surface area contributed by atoms with Gasteiger partial charge in [0.25, 0.3) is 5.91 Å². The number of amides is 2. The molecule has 1 N–H and O–H groups in total. The Hall–Kier alpha value is -4.32. The number of carbonyl (C=O) groups excluding carboxylic acids is 2. The van der Waals surface area contributed by atoms with Gasteiger partial charge >= 0.3 is 0 Å². The molecular weight excluding hydrogens is 500 g/mol. The molecule has 6 rings (SSSR count). The molecule has 1 unspecified atom stereocenters. The minimum Gasteiger partial charge on any atom is -0.486 e. The Morgan fingerprint density at radius 2 is 1.73 bits per heavy atom. The van der Waals surface area contributed by atoms with Crippen LogP contribution in [0.3, 0.4) is 0 Å². The van der Waals surface area contributed by atoms with Crippen LogP contribution in [0.5, 0.6) is 5.75 Å². The highest BCUT2D eigenvalue weighted by atomic mass is 16.5. The average Bonchev–Trinajstić information content (AvgIpc) is 3.69. The van der Waals surface area contributed by atoms with Crippen molar-refractivity contribution in [2.45, 2.75) is 51.7 Å². The lowest BCUT2D eigenvalue weighted by Crippen LogP contribution is -2.43. The molecule has 6 heteroatoms. The molecule has 4 aromatic rings. The van der Waals surface area contributed by atoms with Crippen LogP contribution in [0.25, 0.3) is 0 Å². The third-order valence-corrected chi connectivity index (χ3v) is 8.02. The summed E-state index contributed by atoms with van der Waals surface area (Å²) in [5, 5.41) is 2.83. The first-order chi connectivity index (χ1) is 19.5. The smallest absolute Gasteiger partial charge is 0.291 e. The first-order valence-electron chi connectivity index (χ1n) is 14.1. The lowest BCUT2D eigenvalue weighted by molar-refractivity contribution is -0.137. The third-order valence-electron chi connectivity index (χ3n) is 8.02. The summed E-state index contributed by atoms with van der Waals surface area (Å²) in [4.78, 5) is 28.3. The van der Waals surface area contributed by atoms with Crippen LogP contribution in [0.1, 0.15) is 70.3 Å². The summed E-state index contributed by atoms with van der Waals surface area (Å²) in [7, 11) is 0. The Kier molecular flexibility index (Phi) is 7.41. The summed E-state index contributed by atoms with van der Waals surface area (Å²) in [6, 6.07) is 27.2. The molecule has 1 atom stereocenters. The minimum atomic E-state index is -0.306. The molecule has 40 heavy (non-hydrogen) atoms. The van der Waals surface area contributed by atoms with E-state index in [0.717, 1.165) is 49.8 Å². The maximum absolute atomic E-state index is 13.7. The Morgan fingerprint density at radius 1 is 0.950 bits per heavy atom. The van der Waals surface area contributed by atoms with Crippen LogP contribution in [0.2, 0.25) is 0 Å². The van der Waals surface area contributed by atoms with E-state index in [1.54, 1.807) is 12.1 Å². The van der Waals surface area contributed by atoms with E-state index >= 15 is 0 Å². The lowest BCUT2D eigenvalue weighted by Gasteiger charge is -2.39. The maximum atomic E-state index is 13.7. The summed E-state index contributed by atoms with van der Waals surface area (Å²) >= 11 is 0. The number of furan rings is 1. The van der Waals surface area contributed by atoms with Crippen LogP contribution in [-0.4, -0.2) is 23.3 Å². The number of nitrogens with zero attached hydrogens (tertiary/aromatic N) is 1. The molecule has 3 aromatic carbocycles. The maximum Gasteiger partial charge on any atom is 0.291 e. The van der Waals surface area contributed by atoms with Gasteiger partial charge in [-0.25, -0.2) is 0 Å². The van der Waals surface area contributed by atoms with Crippen molar-refractivity contribution in [2.75, 3.05) is 11.9 Å². The van der Waals surface area contributed by atoms with Gasteiger partial charge in [-0.05, 0) is 79.3 Å². The van der Waals surface area contributed by atoms with E-state index in [9.17, 15) is 9.59 Å². The van der Waals surface area contributed by atoms with Gasteiger partial charge < -0.3 is 19.4 Å². The van der Waals surface area contributed by atoms with Gasteiger partial charge in [0.1, 0.15) is 18.1 Å². The normalized spacial score (nSPS) is 16.9. The third kappa shape index (κ3) is 5.53. The summed E-state index contributed by atoms with van der Waals surface area (Å²) < 4.78 is 11.9. The van der Waals surface area contributed by atoms with Gasteiger partial charge in [-0.1, -0.05) is 66.9 Å². The molecule has 1 aromatic heterocycles. The predicted molar refractivity (Wildman–Crippen MR) is 154 cm³/mol. The van der Waals surface area contributed by atoms with Gasteiger partial charge in [-0.3, -0.25) is 9.59 Å². The number of hydrogen-bond acceptors (Lipinski definition) is 4. The second-order valence-corrected chi connectivity index (χ2v) is 10.8. The molecule has 0 bridgehead atoms. The minimum absolute atomic E-state index is 0.126. The van der Waals surface area contributed by atoms with E-state index in [1.165, 1.54) is 11.1 Å². The van der Waals surface area contributed by atoms with E-state index in [2.05, 4.69) is 53.5 Å². The largest absolute Gasteiger partial charge is 0.486 e. The molecular formula is C34H34N2O4. The van der Waals surface area contributed by atoms with E-state index in [4.69, 9.17) is 9.15 Å². The molecule has 1 saturated carbocycles. The van der Waals surface area contributed by atoms with E-state index in [0.29, 0.717) is 17.2 Å². The van der Waals surface area contributed by atoms with Gasteiger partial charge in [-0.2, -0.15) is 0 Å². The van der Waals surface area contributed by atoms with E-state index in [-0.39, 0.29) is 36.1 Å². The van der Waals surface area contributed by atoms with Crippen LogP contribution < -0.4 is 10.1 Å². The molecule has 204 valence electrons. The zero-order valence-corrected chi connectivity index (χ0v) is 22.8. The number of fused-ring (bicyclic) bond motifs is 1. The number of carbonyl (C=O) groups is 2. The fourth-order valence-corrected chi connectivity index (χ4v) is 5.88. The second-order valence-electron chi connectivity index (χ2n) is 10.8. The molecule has 1 fully saturated rings. The van der Waals surface area contributed by atoms with Crippen molar-refractivity contribution in [3.05, 3.63) is 119 Å². The molecule has 0 radical (unpaired) electrons. The van der Waals surface area contributed by atoms with Crippen molar-refractivity contribution in [2.24, 2.45) is 5.92 Å². The zero-order chi connectivity index (χ0) is 27.5. The van der Waals surface area contributed by atoms with Crippen LogP contribution in [0, 0.1) is 12.8 Å². The number of aryl methyl sites for hydroxylation is 1. The monoisotopic (exact) mass is 534 g/mol. The average molecular weight is 535 g/mol. The van der Waals surface area contributed by atoms with Gasteiger partial charge in [0.05, 0.1) is 6.04 Å². The van der Waals surface area contributed by atoms with Crippen molar-refractivity contribution < 1.29 is 18.7 Å². The Bertz CT molecular complexity index is 1490. The summed E-state index contributed by atoms with van der Waals surface area (Å²) in [5.74, 6) is 1.59. The number of anilines is 1. The molecule has 2 aliphatic rings. The predicted octanol–water partition coefficient (Wildman–Crippen LogP) is 7.08. The quantitative estimate of drug-likeness (QED) is 0.275. The number of hydrogen-bond donors (Lipinski definition) is 1. The van der Waals surface area contributed by atoms with Crippen LogP contribution in [-0.2, 0) is 17.8 Å².